The van der Waals surface area contributed by atoms with Crippen molar-refractivity contribution in [3.63, 3.8) is 0 Å². The number of nitrogens with zero attached hydrogens (tertiary/aromatic N) is 3. The molecule has 100 valence electrons. The monoisotopic (exact) mass is 360 g/mol. The molecular weight excluding hydrogens is 339 g/mol. The molecule has 2 rings (SSSR count). The second-order valence-corrected chi connectivity index (χ2v) is 6.11. The fourth-order valence-electron chi connectivity index (χ4n) is 2.40. The average molecular weight is 360 g/mol. The van der Waals surface area contributed by atoms with Crippen LogP contribution < -0.4 is 10.2 Å². The van der Waals surface area contributed by atoms with Gasteiger partial charge in [-0.15, -0.1) is 0 Å². The lowest BCUT2D eigenvalue weighted by molar-refractivity contribution is 0.375. The second kappa shape index (κ2) is 7.23. The van der Waals surface area contributed by atoms with E-state index < -0.39 is 0 Å². The van der Waals surface area contributed by atoms with Crippen LogP contribution >= 0.6 is 22.6 Å². The lowest BCUT2D eigenvalue weighted by Gasteiger charge is -2.30. The highest BCUT2D eigenvalue weighted by Gasteiger charge is 2.18. The molecule has 2 heterocycles. The van der Waals surface area contributed by atoms with Crippen molar-refractivity contribution in [2.24, 2.45) is 5.92 Å². The number of hydrogen-bond donors (Lipinski definition) is 1. The smallest absolute Gasteiger partial charge is 0.225 e. The molecule has 1 unspecified atom stereocenters. The van der Waals surface area contributed by atoms with Gasteiger partial charge in [0.15, 0.2) is 0 Å². The third kappa shape index (κ3) is 4.05. The standard InChI is InChI=1S/C13H21IN4/c1-2-6-18(10-11-4-3-5-15-7-11)13-16-8-12(14)9-17-13/h8-9,11,15H,2-7,10H2,1H3. The number of aromatic nitrogens is 2. The van der Waals surface area contributed by atoms with Crippen LogP contribution in [0.15, 0.2) is 12.4 Å². The van der Waals surface area contributed by atoms with Gasteiger partial charge in [0.05, 0.1) is 0 Å². The Balaban J connectivity index is 2.00. The van der Waals surface area contributed by atoms with Crippen molar-refractivity contribution >= 4 is 28.5 Å². The predicted molar refractivity (Wildman–Crippen MR) is 82.8 cm³/mol. The van der Waals surface area contributed by atoms with Crippen molar-refractivity contribution < 1.29 is 0 Å². The molecule has 1 aromatic rings. The molecule has 1 aromatic heterocycles. The lowest BCUT2D eigenvalue weighted by Crippen LogP contribution is -2.39. The van der Waals surface area contributed by atoms with Crippen molar-refractivity contribution in [1.29, 1.82) is 0 Å². The Morgan fingerprint density at radius 3 is 2.83 bits per heavy atom. The number of hydrogen-bond acceptors (Lipinski definition) is 4. The van der Waals surface area contributed by atoms with E-state index in [1.165, 1.54) is 19.4 Å². The summed E-state index contributed by atoms with van der Waals surface area (Å²) in [6.07, 6.45) is 7.53. The first-order valence-corrected chi connectivity index (χ1v) is 7.80. The minimum atomic E-state index is 0.730. The zero-order chi connectivity index (χ0) is 12.8. The van der Waals surface area contributed by atoms with Crippen molar-refractivity contribution in [2.75, 3.05) is 31.1 Å². The van der Waals surface area contributed by atoms with Crippen LogP contribution in [0.2, 0.25) is 0 Å². The van der Waals surface area contributed by atoms with Gasteiger partial charge in [0.2, 0.25) is 5.95 Å². The highest BCUT2D eigenvalue weighted by Crippen LogP contribution is 2.16. The van der Waals surface area contributed by atoms with E-state index in [4.69, 9.17) is 0 Å². The SMILES string of the molecule is CCCN(CC1CCCNC1)c1ncc(I)cn1. The molecule has 0 radical (unpaired) electrons. The van der Waals surface area contributed by atoms with E-state index >= 15 is 0 Å². The molecule has 4 nitrogen and oxygen atoms in total. The van der Waals surface area contributed by atoms with Crippen LogP contribution in [-0.2, 0) is 0 Å². The molecule has 1 saturated heterocycles. The van der Waals surface area contributed by atoms with Crippen molar-refractivity contribution in [3.05, 3.63) is 16.0 Å². The van der Waals surface area contributed by atoms with Crippen LogP contribution in [0.1, 0.15) is 26.2 Å². The van der Waals surface area contributed by atoms with Gasteiger partial charge in [-0.2, -0.15) is 0 Å². The van der Waals surface area contributed by atoms with E-state index in [-0.39, 0.29) is 0 Å². The van der Waals surface area contributed by atoms with E-state index in [1.54, 1.807) is 0 Å². The van der Waals surface area contributed by atoms with Crippen molar-refractivity contribution in [1.82, 2.24) is 15.3 Å². The molecule has 0 bridgehead atoms. The Morgan fingerprint density at radius 1 is 1.44 bits per heavy atom. The van der Waals surface area contributed by atoms with E-state index in [9.17, 15) is 0 Å². The fraction of sp³-hybridized carbons (Fsp3) is 0.692. The second-order valence-electron chi connectivity index (χ2n) is 4.86. The third-order valence-corrected chi connectivity index (χ3v) is 3.82. The summed E-state index contributed by atoms with van der Waals surface area (Å²) in [5, 5.41) is 3.47. The molecule has 1 atom stereocenters. The van der Waals surface area contributed by atoms with Gasteiger partial charge in [0.1, 0.15) is 0 Å². The Hall–Kier alpha value is -0.430. The van der Waals surface area contributed by atoms with Gasteiger partial charge in [-0.1, -0.05) is 6.92 Å². The van der Waals surface area contributed by atoms with Crippen LogP contribution in [0.4, 0.5) is 5.95 Å². The van der Waals surface area contributed by atoms with Gasteiger partial charge in [-0.05, 0) is 60.9 Å². The largest absolute Gasteiger partial charge is 0.341 e. The van der Waals surface area contributed by atoms with Gasteiger partial charge < -0.3 is 10.2 Å². The highest BCUT2D eigenvalue weighted by molar-refractivity contribution is 14.1. The van der Waals surface area contributed by atoms with Gasteiger partial charge in [0, 0.05) is 29.1 Å². The van der Waals surface area contributed by atoms with Crippen LogP contribution in [0.25, 0.3) is 0 Å². The highest BCUT2D eigenvalue weighted by atomic mass is 127. The minimum Gasteiger partial charge on any atom is -0.341 e. The third-order valence-electron chi connectivity index (χ3n) is 3.26. The van der Waals surface area contributed by atoms with Crippen molar-refractivity contribution in [3.8, 4) is 0 Å². The van der Waals surface area contributed by atoms with Gasteiger partial charge >= 0.3 is 0 Å². The number of piperidine rings is 1. The van der Waals surface area contributed by atoms with Crippen LogP contribution in [0.5, 0.6) is 0 Å². The molecule has 5 heteroatoms. The molecule has 0 saturated carbocycles. The van der Waals surface area contributed by atoms with E-state index in [0.717, 1.165) is 41.5 Å². The quantitative estimate of drug-likeness (QED) is 0.819. The van der Waals surface area contributed by atoms with Crippen LogP contribution in [-0.4, -0.2) is 36.1 Å². The van der Waals surface area contributed by atoms with E-state index in [1.807, 2.05) is 12.4 Å². The Labute approximate surface area is 123 Å². The molecule has 0 aliphatic carbocycles. The first-order chi connectivity index (χ1) is 8.79. The fourth-order valence-corrected chi connectivity index (χ4v) is 2.68. The molecular formula is C13H21IN4. The molecule has 1 aliphatic heterocycles. The maximum Gasteiger partial charge on any atom is 0.225 e. The number of nitrogens with one attached hydrogen (secondary N) is 1. The van der Waals surface area contributed by atoms with Gasteiger partial charge in [-0.3, -0.25) is 0 Å². The van der Waals surface area contributed by atoms with Crippen molar-refractivity contribution in [2.45, 2.75) is 26.2 Å². The van der Waals surface area contributed by atoms with E-state index in [0.29, 0.717) is 0 Å². The molecule has 1 aliphatic rings. The topological polar surface area (TPSA) is 41.0 Å². The summed E-state index contributed by atoms with van der Waals surface area (Å²) in [6, 6.07) is 0. The maximum atomic E-state index is 4.45. The molecule has 0 spiro atoms. The lowest BCUT2D eigenvalue weighted by atomic mass is 9.99. The molecule has 1 N–H and O–H groups in total. The molecule has 1 fully saturated rings. The molecule has 18 heavy (non-hydrogen) atoms. The number of rotatable bonds is 5. The van der Waals surface area contributed by atoms with Gasteiger partial charge in [0.25, 0.3) is 0 Å². The summed E-state index contributed by atoms with van der Waals surface area (Å²) in [7, 11) is 0. The number of anilines is 1. The Kier molecular flexibility index (Phi) is 5.62. The van der Waals surface area contributed by atoms with Crippen LogP contribution in [0, 0.1) is 9.49 Å². The number of halogens is 1. The zero-order valence-corrected chi connectivity index (χ0v) is 13.1. The van der Waals surface area contributed by atoms with E-state index in [2.05, 4.69) is 49.7 Å². The minimum absolute atomic E-state index is 0.730. The Bertz CT molecular complexity index is 349. The first-order valence-electron chi connectivity index (χ1n) is 6.72. The summed E-state index contributed by atoms with van der Waals surface area (Å²) < 4.78 is 1.09. The summed E-state index contributed by atoms with van der Waals surface area (Å²) in [5.74, 6) is 1.61. The first kappa shape index (κ1) is 14.0. The Morgan fingerprint density at radius 2 is 2.22 bits per heavy atom. The summed E-state index contributed by atoms with van der Waals surface area (Å²) in [6.45, 7) is 6.62. The predicted octanol–water partition coefficient (Wildman–Crippen LogP) is 2.30. The normalized spacial score (nSPS) is 19.8. The molecule has 0 aromatic carbocycles. The van der Waals surface area contributed by atoms with Crippen LogP contribution in [0.3, 0.4) is 0 Å². The molecule has 0 amide bonds. The zero-order valence-electron chi connectivity index (χ0n) is 10.9. The summed E-state index contributed by atoms with van der Waals surface area (Å²) in [5.41, 5.74) is 0. The summed E-state index contributed by atoms with van der Waals surface area (Å²) >= 11 is 2.24. The summed E-state index contributed by atoms with van der Waals surface area (Å²) in [4.78, 5) is 11.2. The maximum absolute atomic E-state index is 4.45. The van der Waals surface area contributed by atoms with Gasteiger partial charge in [-0.25, -0.2) is 9.97 Å². The average Bonchev–Trinajstić information content (AvgIpc) is 2.40.